The van der Waals surface area contributed by atoms with E-state index >= 15 is 0 Å². The zero-order valence-electron chi connectivity index (χ0n) is 17.0. The molecule has 0 bridgehead atoms. The van der Waals surface area contributed by atoms with Gasteiger partial charge in [-0.1, -0.05) is 78.9 Å². The van der Waals surface area contributed by atoms with Crippen molar-refractivity contribution >= 4 is 5.97 Å². The number of esters is 1. The Kier molecular flexibility index (Phi) is 8.45. The van der Waals surface area contributed by atoms with Crippen molar-refractivity contribution in [1.82, 2.24) is 0 Å². The van der Waals surface area contributed by atoms with Gasteiger partial charge in [0.1, 0.15) is 5.75 Å². The van der Waals surface area contributed by atoms with Gasteiger partial charge >= 0.3 is 5.97 Å². The first-order chi connectivity index (χ1) is 14.8. The summed E-state index contributed by atoms with van der Waals surface area (Å²) in [5.74, 6) is 0.270. The van der Waals surface area contributed by atoms with E-state index in [2.05, 4.69) is 0 Å². The molecule has 0 aromatic heterocycles. The molecule has 156 valence electrons. The highest BCUT2D eigenvalue weighted by atomic mass is 16.7. The normalized spacial score (nSPS) is 10.7. The summed E-state index contributed by atoms with van der Waals surface area (Å²) < 4.78 is 21.9. The molecule has 0 saturated heterocycles. The van der Waals surface area contributed by atoms with Crippen LogP contribution in [0.2, 0.25) is 0 Å². The van der Waals surface area contributed by atoms with Crippen molar-refractivity contribution in [1.29, 1.82) is 0 Å². The predicted octanol–water partition coefficient (Wildman–Crippen LogP) is 4.56. The monoisotopic (exact) mass is 406 g/mol. The topological polar surface area (TPSA) is 54.0 Å². The first kappa shape index (κ1) is 21.6. The third kappa shape index (κ3) is 6.44. The summed E-state index contributed by atoms with van der Waals surface area (Å²) in [7, 11) is 1.61. The lowest BCUT2D eigenvalue weighted by Gasteiger charge is -2.19. The Morgan fingerprint density at radius 1 is 0.800 bits per heavy atom. The van der Waals surface area contributed by atoms with Crippen molar-refractivity contribution in [3.63, 3.8) is 0 Å². The molecule has 0 aliphatic rings. The summed E-state index contributed by atoms with van der Waals surface area (Å²) in [6.07, 6.45) is -0.366. The zero-order chi connectivity index (χ0) is 21.0. The van der Waals surface area contributed by atoms with E-state index in [1.807, 2.05) is 84.9 Å². The van der Waals surface area contributed by atoms with Crippen LogP contribution in [0.3, 0.4) is 0 Å². The fraction of sp³-hybridized carbons (Fsp3) is 0.240. The number of benzene rings is 3. The second-order valence-corrected chi connectivity index (χ2v) is 6.64. The molecule has 5 heteroatoms. The number of methoxy groups -OCH3 is 1. The Labute approximate surface area is 177 Å². The van der Waals surface area contributed by atoms with Crippen LogP contribution in [0.25, 0.3) is 0 Å². The number of carbonyl (C=O) groups is 1. The van der Waals surface area contributed by atoms with Crippen molar-refractivity contribution in [2.45, 2.75) is 12.5 Å². The molecule has 30 heavy (non-hydrogen) atoms. The molecule has 0 aliphatic carbocycles. The Hall–Kier alpha value is -3.15. The van der Waals surface area contributed by atoms with Crippen LogP contribution in [-0.4, -0.2) is 33.1 Å². The van der Waals surface area contributed by atoms with Gasteiger partial charge in [-0.3, -0.25) is 4.79 Å². The quantitative estimate of drug-likeness (QED) is 0.265. The van der Waals surface area contributed by atoms with E-state index in [1.165, 1.54) is 0 Å². The highest BCUT2D eigenvalue weighted by molar-refractivity contribution is 5.74. The van der Waals surface area contributed by atoms with E-state index in [9.17, 15) is 4.79 Å². The minimum absolute atomic E-state index is 0.0894. The van der Waals surface area contributed by atoms with Gasteiger partial charge in [-0.25, -0.2) is 0 Å². The van der Waals surface area contributed by atoms with Crippen molar-refractivity contribution in [2.75, 3.05) is 27.1 Å². The molecule has 5 nitrogen and oxygen atoms in total. The largest absolute Gasteiger partial charge is 0.467 e. The summed E-state index contributed by atoms with van der Waals surface area (Å²) in [6.45, 7) is 1.03. The molecule has 0 atom stereocenters. The average molecular weight is 406 g/mol. The summed E-state index contributed by atoms with van der Waals surface area (Å²) in [5, 5.41) is 0. The lowest BCUT2D eigenvalue weighted by atomic mass is 10.0. The van der Waals surface area contributed by atoms with Crippen LogP contribution >= 0.6 is 0 Å². The first-order valence-corrected chi connectivity index (χ1v) is 9.84. The highest BCUT2D eigenvalue weighted by Crippen LogP contribution is 2.27. The minimum atomic E-state index is -0.467. The Morgan fingerprint density at radius 3 is 2.03 bits per heavy atom. The van der Waals surface area contributed by atoms with Crippen LogP contribution in [0, 0.1) is 0 Å². The number of hydrogen-bond acceptors (Lipinski definition) is 5. The molecule has 0 fully saturated rings. The van der Waals surface area contributed by atoms with Crippen LogP contribution in [-0.2, 0) is 25.4 Å². The van der Waals surface area contributed by atoms with Gasteiger partial charge in [0.05, 0.1) is 19.6 Å². The van der Waals surface area contributed by atoms with E-state index in [0.29, 0.717) is 19.0 Å². The van der Waals surface area contributed by atoms with Gasteiger partial charge in [0.2, 0.25) is 0 Å². The molecular weight excluding hydrogens is 380 g/mol. The van der Waals surface area contributed by atoms with E-state index < -0.39 is 6.10 Å². The molecule has 0 aliphatic heterocycles. The zero-order valence-corrected chi connectivity index (χ0v) is 17.0. The Balaban J connectivity index is 1.68. The van der Waals surface area contributed by atoms with E-state index in [4.69, 9.17) is 18.9 Å². The van der Waals surface area contributed by atoms with E-state index in [1.54, 1.807) is 7.11 Å². The average Bonchev–Trinajstić information content (AvgIpc) is 2.79. The lowest BCUT2D eigenvalue weighted by molar-refractivity contribution is -0.146. The highest BCUT2D eigenvalue weighted by Gasteiger charge is 2.20. The number of para-hydroxylation sites is 1. The SMILES string of the molecule is COCCOCOc1ccccc1CC(=O)OC(c1ccccc1)c1ccccc1. The second-order valence-electron chi connectivity index (χ2n) is 6.64. The van der Waals surface area contributed by atoms with Gasteiger partial charge in [0.15, 0.2) is 12.9 Å². The van der Waals surface area contributed by atoms with Crippen LogP contribution in [0.4, 0.5) is 0 Å². The third-order valence-electron chi connectivity index (χ3n) is 4.49. The van der Waals surface area contributed by atoms with Crippen molar-refractivity contribution in [3.05, 3.63) is 102 Å². The maximum atomic E-state index is 12.8. The smallest absolute Gasteiger partial charge is 0.311 e. The molecule has 3 aromatic carbocycles. The van der Waals surface area contributed by atoms with Gasteiger partial charge in [0.25, 0.3) is 0 Å². The van der Waals surface area contributed by atoms with Gasteiger partial charge in [-0.05, 0) is 17.2 Å². The molecule has 3 rings (SSSR count). The lowest BCUT2D eigenvalue weighted by Crippen LogP contribution is -2.15. The number of rotatable bonds is 11. The van der Waals surface area contributed by atoms with Crippen LogP contribution in [0.1, 0.15) is 22.8 Å². The fourth-order valence-corrected chi connectivity index (χ4v) is 3.01. The maximum absolute atomic E-state index is 12.8. The van der Waals surface area contributed by atoms with Gasteiger partial charge < -0.3 is 18.9 Å². The number of ether oxygens (including phenoxy) is 4. The molecule has 0 spiro atoms. The molecule has 0 heterocycles. The number of carbonyl (C=O) groups excluding carboxylic acids is 1. The van der Waals surface area contributed by atoms with Gasteiger partial charge in [-0.15, -0.1) is 0 Å². The predicted molar refractivity (Wildman–Crippen MR) is 114 cm³/mol. The summed E-state index contributed by atoms with van der Waals surface area (Å²) in [4.78, 5) is 12.8. The standard InChI is InChI=1S/C25H26O5/c1-27-16-17-28-19-29-23-15-9-8-14-22(23)18-24(26)30-25(20-10-4-2-5-11-20)21-12-6-3-7-13-21/h2-15,25H,16-19H2,1H3. The van der Waals surface area contributed by atoms with Crippen LogP contribution in [0.15, 0.2) is 84.9 Å². The van der Waals surface area contributed by atoms with Crippen LogP contribution < -0.4 is 4.74 Å². The summed E-state index contributed by atoms with van der Waals surface area (Å²) in [6, 6.07) is 26.8. The van der Waals surface area contributed by atoms with Crippen molar-refractivity contribution in [2.24, 2.45) is 0 Å². The molecule has 3 aromatic rings. The minimum Gasteiger partial charge on any atom is -0.467 e. The second kappa shape index (κ2) is 11.8. The summed E-state index contributed by atoms with van der Waals surface area (Å²) in [5.41, 5.74) is 2.60. The maximum Gasteiger partial charge on any atom is 0.311 e. The molecule has 0 unspecified atom stereocenters. The van der Waals surface area contributed by atoms with Crippen molar-refractivity contribution in [3.8, 4) is 5.75 Å². The molecule has 0 N–H and O–H groups in total. The number of hydrogen-bond donors (Lipinski definition) is 0. The molecule has 0 amide bonds. The Morgan fingerprint density at radius 2 is 1.40 bits per heavy atom. The molecule has 0 saturated carbocycles. The fourth-order valence-electron chi connectivity index (χ4n) is 3.01. The summed E-state index contributed by atoms with van der Waals surface area (Å²) >= 11 is 0. The molecular formula is C25H26O5. The Bertz CT molecular complexity index is 856. The van der Waals surface area contributed by atoms with Crippen LogP contribution in [0.5, 0.6) is 5.75 Å². The van der Waals surface area contributed by atoms with Crippen molar-refractivity contribution < 1.29 is 23.7 Å². The third-order valence-corrected chi connectivity index (χ3v) is 4.49. The van der Waals surface area contributed by atoms with E-state index in [-0.39, 0.29) is 19.2 Å². The van der Waals surface area contributed by atoms with Gasteiger partial charge in [0, 0.05) is 12.7 Å². The first-order valence-electron chi connectivity index (χ1n) is 9.84. The molecule has 0 radical (unpaired) electrons. The van der Waals surface area contributed by atoms with E-state index in [0.717, 1.165) is 16.7 Å². The van der Waals surface area contributed by atoms with Gasteiger partial charge in [-0.2, -0.15) is 0 Å².